The van der Waals surface area contributed by atoms with Gasteiger partial charge in [-0.2, -0.15) is 5.10 Å². The highest BCUT2D eigenvalue weighted by atomic mass is 35.5. The van der Waals surface area contributed by atoms with E-state index in [4.69, 9.17) is 11.6 Å². The monoisotopic (exact) mass is 272 g/mol. The molecule has 0 unspecified atom stereocenters. The Hall–Kier alpha value is -1.60. The molecular weight excluding hydrogens is 264 g/mol. The molecule has 2 rings (SSSR count). The van der Waals surface area contributed by atoms with Gasteiger partial charge in [-0.3, -0.25) is 4.40 Å². The van der Waals surface area contributed by atoms with Crippen LogP contribution in [0.4, 0.5) is 4.79 Å². The Labute approximate surface area is 106 Å². The van der Waals surface area contributed by atoms with Crippen molar-refractivity contribution < 1.29 is 9.53 Å². The summed E-state index contributed by atoms with van der Waals surface area (Å²) in [5.41, 5.74) is 2.83. The Balaban J connectivity index is 2.12. The van der Waals surface area contributed by atoms with Gasteiger partial charge in [-0.25, -0.2) is 15.2 Å². The Morgan fingerprint density at radius 2 is 2.65 bits per heavy atom. The van der Waals surface area contributed by atoms with Gasteiger partial charge in [0.25, 0.3) is 0 Å². The van der Waals surface area contributed by atoms with Gasteiger partial charge in [0, 0.05) is 11.6 Å². The molecule has 17 heavy (non-hydrogen) atoms. The normalized spacial score (nSPS) is 11.2. The number of thiazole rings is 1. The molecule has 0 saturated carbocycles. The molecule has 1 amide bonds. The van der Waals surface area contributed by atoms with Crippen LogP contribution in [0.3, 0.4) is 0 Å². The van der Waals surface area contributed by atoms with Gasteiger partial charge in [0.05, 0.1) is 12.8 Å². The van der Waals surface area contributed by atoms with Crippen molar-refractivity contribution in [3.8, 4) is 0 Å². The number of nitrogens with one attached hydrogen (secondary N) is 1. The standard InChI is InChI=1S/C9H9ClN4O2S/c1-2-16-9(15)13-11-5-6-7(10)12-8-14(6)3-4-17-8/h3-5H,2H2,1H3,(H,13,15)/b11-5-. The minimum absolute atomic E-state index is 0.295. The van der Waals surface area contributed by atoms with Crippen molar-refractivity contribution >= 4 is 40.2 Å². The van der Waals surface area contributed by atoms with Gasteiger partial charge < -0.3 is 4.74 Å². The van der Waals surface area contributed by atoms with E-state index in [9.17, 15) is 4.79 Å². The predicted molar refractivity (Wildman–Crippen MR) is 65.8 cm³/mol. The van der Waals surface area contributed by atoms with Crippen LogP contribution in [0.25, 0.3) is 4.96 Å². The van der Waals surface area contributed by atoms with E-state index in [2.05, 4.69) is 20.2 Å². The third kappa shape index (κ3) is 2.56. The summed E-state index contributed by atoms with van der Waals surface area (Å²) in [6.45, 7) is 2.01. The lowest BCUT2D eigenvalue weighted by atomic mass is 10.5. The zero-order chi connectivity index (χ0) is 12.3. The number of aromatic nitrogens is 2. The first-order chi connectivity index (χ1) is 8.22. The second-order valence-corrected chi connectivity index (χ2v) is 4.16. The molecule has 0 spiro atoms. The first kappa shape index (κ1) is 11.9. The number of hydrogen-bond acceptors (Lipinski definition) is 5. The molecule has 2 heterocycles. The van der Waals surface area contributed by atoms with E-state index < -0.39 is 6.09 Å². The van der Waals surface area contributed by atoms with Crippen LogP contribution in [0.1, 0.15) is 12.6 Å². The van der Waals surface area contributed by atoms with Crippen LogP contribution >= 0.6 is 22.9 Å². The molecule has 0 saturated heterocycles. The number of halogens is 1. The summed E-state index contributed by atoms with van der Waals surface area (Å²) in [6.07, 6.45) is 2.64. The van der Waals surface area contributed by atoms with Gasteiger partial charge in [0.15, 0.2) is 10.1 Å². The largest absolute Gasteiger partial charge is 0.449 e. The van der Waals surface area contributed by atoms with Gasteiger partial charge in [0.1, 0.15) is 5.69 Å². The molecule has 0 bridgehead atoms. The summed E-state index contributed by atoms with van der Waals surface area (Å²) in [4.78, 5) is 15.9. The molecule has 0 aliphatic heterocycles. The van der Waals surface area contributed by atoms with Crippen LogP contribution < -0.4 is 5.43 Å². The van der Waals surface area contributed by atoms with E-state index in [1.54, 1.807) is 11.3 Å². The molecule has 0 fully saturated rings. The maximum atomic E-state index is 11.0. The number of carbonyl (C=O) groups is 1. The molecule has 2 aromatic heterocycles. The highest BCUT2D eigenvalue weighted by Crippen LogP contribution is 2.19. The molecule has 1 N–H and O–H groups in total. The zero-order valence-corrected chi connectivity index (χ0v) is 10.5. The van der Waals surface area contributed by atoms with Crippen molar-refractivity contribution in [2.45, 2.75) is 6.92 Å². The van der Waals surface area contributed by atoms with Crippen LogP contribution in [0, 0.1) is 0 Å². The Kier molecular flexibility index (Phi) is 3.60. The fourth-order valence-corrected chi connectivity index (χ4v) is 2.19. The van der Waals surface area contributed by atoms with E-state index >= 15 is 0 Å². The van der Waals surface area contributed by atoms with Crippen molar-refractivity contribution in [3.63, 3.8) is 0 Å². The number of ether oxygens (including phenoxy) is 1. The summed E-state index contributed by atoms with van der Waals surface area (Å²) in [5.74, 6) is 0. The lowest BCUT2D eigenvalue weighted by Gasteiger charge is -1.98. The molecule has 0 aromatic carbocycles. The Morgan fingerprint density at radius 3 is 3.41 bits per heavy atom. The molecule has 0 aliphatic rings. The Bertz CT molecular complexity index is 562. The molecule has 0 aliphatic carbocycles. The minimum atomic E-state index is -0.606. The quantitative estimate of drug-likeness (QED) is 0.687. The number of rotatable bonds is 3. The van der Waals surface area contributed by atoms with Crippen LogP contribution in [-0.4, -0.2) is 28.3 Å². The summed E-state index contributed by atoms with van der Waals surface area (Å²) < 4.78 is 6.43. The topological polar surface area (TPSA) is 68.0 Å². The highest BCUT2D eigenvalue weighted by Gasteiger charge is 2.08. The maximum Gasteiger partial charge on any atom is 0.427 e. The molecule has 6 nitrogen and oxygen atoms in total. The average Bonchev–Trinajstić information content (AvgIpc) is 2.82. The summed E-state index contributed by atoms with van der Waals surface area (Å²) >= 11 is 7.39. The molecule has 0 atom stereocenters. The van der Waals surface area contributed by atoms with Gasteiger partial charge in [-0.05, 0) is 6.92 Å². The summed E-state index contributed by atoms with van der Waals surface area (Å²) in [7, 11) is 0. The van der Waals surface area contributed by atoms with E-state index in [0.717, 1.165) is 4.96 Å². The minimum Gasteiger partial charge on any atom is -0.449 e. The first-order valence-electron chi connectivity index (χ1n) is 4.79. The second-order valence-electron chi connectivity index (χ2n) is 2.93. The van der Waals surface area contributed by atoms with Crippen molar-refractivity contribution in [1.29, 1.82) is 0 Å². The SMILES string of the molecule is CCOC(=O)N/N=C\c1c(Cl)nc2sccn12. The summed E-state index contributed by atoms with van der Waals surface area (Å²) in [6, 6.07) is 0. The summed E-state index contributed by atoms with van der Waals surface area (Å²) in [5, 5.41) is 5.96. The first-order valence-corrected chi connectivity index (χ1v) is 6.05. The fraction of sp³-hybridized carbons (Fsp3) is 0.222. The van der Waals surface area contributed by atoms with E-state index in [1.165, 1.54) is 17.6 Å². The number of imidazole rings is 1. The van der Waals surface area contributed by atoms with Crippen molar-refractivity contribution in [2.24, 2.45) is 5.10 Å². The van der Waals surface area contributed by atoms with E-state index in [0.29, 0.717) is 17.5 Å². The number of nitrogens with zero attached hydrogens (tertiary/aromatic N) is 3. The van der Waals surface area contributed by atoms with Gasteiger partial charge in [0.2, 0.25) is 0 Å². The average molecular weight is 273 g/mol. The number of hydrogen-bond donors (Lipinski definition) is 1. The van der Waals surface area contributed by atoms with Crippen LogP contribution in [0.2, 0.25) is 5.15 Å². The lowest BCUT2D eigenvalue weighted by Crippen LogP contribution is -2.18. The van der Waals surface area contributed by atoms with E-state index in [1.807, 2.05) is 11.6 Å². The van der Waals surface area contributed by atoms with Gasteiger partial charge in [-0.1, -0.05) is 11.6 Å². The second kappa shape index (κ2) is 5.15. The van der Waals surface area contributed by atoms with Gasteiger partial charge in [-0.15, -0.1) is 11.3 Å². The molecule has 0 radical (unpaired) electrons. The number of carbonyl (C=O) groups excluding carboxylic acids is 1. The lowest BCUT2D eigenvalue weighted by molar-refractivity contribution is 0.152. The number of hydrazone groups is 1. The van der Waals surface area contributed by atoms with E-state index in [-0.39, 0.29) is 0 Å². The molecule has 8 heteroatoms. The Morgan fingerprint density at radius 1 is 1.82 bits per heavy atom. The third-order valence-corrected chi connectivity index (χ3v) is 2.91. The van der Waals surface area contributed by atoms with Crippen LogP contribution in [0.15, 0.2) is 16.7 Å². The molecular formula is C9H9ClN4O2S. The number of amides is 1. The maximum absolute atomic E-state index is 11.0. The highest BCUT2D eigenvalue weighted by molar-refractivity contribution is 7.15. The van der Waals surface area contributed by atoms with Crippen molar-refractivity contribution in [3.05, 3.63) is 22.4 Å². The molecule has 2 aromatic rings. The van der Waals surface area contributed by atoms with Crippen molar-refractivity contribution in [1.82, 2.24) is 14.8 Å². The van der Waals surface area contributed by atoms with Crippen LogP contribution in [0.5, 0.6) is 0 Å². The van der Waals surface area contributed by atoms with Crippen LogP contribution in [-0.2, 0) is 4.74 Å². The predicted octanol–water partition coefficient (Wildman–Crippen LogP) is 2.13. The zero-order valence-electron chi connectivity index (χ0n) is 8.88. The number of fused-ring (bicyclic) bond motifs is 1. The van der Waals surface area contributed by atoms with Crippen molar-refractivity contribution in [2.75, 3.05) is 6.61 Å². The van der Waals surface area contributed by atoms with Gasteiger partial charge >= 0.3 is 6.09 Å². The molecule has 90 valence electrons. The fourth-order valence-electron chi connectivity index (χ4n) is 1.20. The third-order valence-electron chi connectivity index (χ3n) is 1.87. The smallest absolute Gasteiger partial charge is 0.427 e.